The van der Waals surface area contributed by atoms with E-state index in [4.69, 9.17) is 5.11 Å². The molecule has 0 bridgehead atoms. The summed E-state index contributed by atoms with van der Waals surface area (Å²) in [7, 11) is 0. The van der Waals surface area contributed by atoms with Crippen molar-refractivity contribution in [2.45, 2.75) is 0 Å². The van der Waals surface area contributed by atoms with E-state index in [2.05, 4.69) is 16.0 Å². The van der Waals surface area contributed by atoms with Crippen LogP contribution in [0.4, 0.5) is 4.79 Å². The maximum atomic E-state index is 10.6. The molecule has 68 valence electrons. The van der Waals surface area contributed by atoms with Crippen molar-refractivity contribution in [2.24, 2.45) is 0 Å². The van der Waals surface area contributed by atoms with Crippen LogP contribution in [-0.2, 0) is 9.53 Å². The van der Waals surface area contributed by atoms with Gasteiger partial charge in [-0.25, -0.2) is 9.52 Å². The Kier molecular flexibility index (Phi) is 6.12. The molecule has 6 heteroatoms. The molecule has 0 unspecified atom stereocenters. The zero-order valence-electron chi connectivity index (χ0n) is 6.28. The van der Waals surface area contributed by atoms with Crippen LogP contribution in [0, 0.1) is 0 Å². The summed E-state index contributed by atoms with van der Waals surface area (Å²) in [5.41, 5.74) is 0. The van der Waals surface area contributed by atoms with E-state index < -0.39 is 11.3 Å². The second-order valence-electron chi connectivity index (χ2n) is 1.67. The molecule has 0 amide bonds. The Hall–Kier alpha value is -1.01. The minimum absolute atomic E-state index is 0.126. The molecule has 0 radical (unpaired) electrons. The molecule has 0 fully saturated rings. The molecule has 5 nitrogen and oxygen atoms in total. The second-order valence-corrected chi connectivity index (χ2v) is 2.49. The van der Waals surface area contributed by atoms with Crippen molar-refractivity contribution in [2.75, 3.05) is 13.2 Å². The molecule has 2 N–H and O–H groups in total. The van der Waals surface area contributed by atoms with Gasteiger partial charge in [0.1, 0.15) is 13.2 Å². The SMILES string of the molecule is C=CCOC(=O)SNCC(=O)O. The van der Waals surface area contributed by atoms with Crippen molar-refractivity contribution >= 4 is 23.2 Å². The normalized spacial score (nSPS) is 9.00. The van der Waals surface area contributed by atoms with E-state index >= 15 is 0 Å². The maximum absolute atomic E-state index is 10.6. The number of rotatable bonds is 5. The fraction of sp³-hybridized carbons (Fsp3) is 0.333. The van der Waals surface area contributed by atoms with Crippen LogP contribution in [0.5, 0.6) is 0 Å². The molecular formula is C6H9NO4S. The Morgan fingerprint density at radius 2 is 2.33 bits per heavy atom. The lowest BCUT2D eigenvalue weighted by Crippen LogP contribution is -2.18. The first-order valence-corrected chi connectivity index (χ1v) is 3.87. The van der Waals surface area contributed by atoms with Crippen molar-refractivity contribution in [3.05, 3.63) is 12.7 Å². The maximum Gasteiger partial charge on any atom is 0.382 e. The monoisotopic (exact) mass is 191 g/mol. The van der Waals surface area contributed by atoms with Gasteiger partial charge in [-0.2, -0.15) is 0 Å². The van der Waals surface area contributed by atoms with Crippen molar-refractivity contribution in [1.82, 2.24) is 4.72 Å². The zero-order chi connectivity index (χ0) is 9.40. The van der Waals surface area contributed by atoms with Crippen LogP contribution < -0.4 is 4.72 Å². The number of hydrogen-bond donors (Lipinski definition) is 2. The molecule has 0 spiro atoms. The number of aliphatic carboxylic acids is 1. The molecule has 0 aliphatic carbocycles. The van der Waals surface area contributed by atoms with Gasteiger partial charge in [0.25, 0.3) is 0 Å². The Labute approximate surface area is 73.9 Å². The minimum Gasteiger partial charge on any atom is -0.480 e. The van der Waals surface area contributed by atoms with E-state index in [-0.39, 0.29) is 13.2 Å². The Morgan fingerprint density at radius 1 is 1.67 bits per heavy atom. The van der Waals surface area contributed by atoms with Crippen LogP contribution in [0.3, 0.4) is 0 Å². The van der Waals surface area contributed by atoms with Crippen molar-refractivity contribution in [3.8, 4) is 0 Å². The van der Waals surface area contributed by atoms with E-state index in [1.807, 2.05) is 0 Å². The molecule has 0 aromatic carbocycles. The highest BCUT2D eigenvalue weighted by Gasteiger charge is 2.03. The highest BCUT2D eigenvalue weighted by molar-refractivity contribution is 8.11. The van der Waals surface area contributed by atoms with Crippen molar-refractivity contribution < 1.29 is 19.4 Å². The third-order valence-electron chi connectivity index (χ3n) is 0.698. The smallest absolute Gasteiger partial charge is 0.382 e. The molecule has 0 saturated heterocycles. The fourth-order valence-electron chi connectivity index (χ4n) is 0.313. The van der Waals surface area contributed by atoms with Crippen LogP contribution in [0.15, 0.2) is 12.7 Å². The highest BCUT2D eigenvalue weighted by atomic mass is 32.2. The van der Waals surface area contributed by atoms with Gasteiger partial charge in [0, 0.05) is 11.9 Å². The molecule has 0 aliphatic rings. The molecule has 0 aromatic rings. The van der Waals surface area contributed by atoms with E-state index in [0.717, 1.165) is 0 Å². The lowest BCUT2D eigenvalue weighted by Gasteiger charge is -1.99. The molecule has 12 heavy (non-hydrogen) atoms. The predicted octanol–water partition coefficient (Wildman–Crippen LogP) is 0.631. The predicted molar refractivity (Wildman–Crippen MR) is 44.8 cm³/mol. The van der Waals surface area contributed by atoms with Crippen LogP contribution in [-0.4, -0.2) is 29.5 Å². The average molecular weight is 191 g/mol. The topological polar surface area (TPSA) is 75.6 Å². The summed E-state index contributed by atoms with van der Waals surface area (Å²) in [5, 5.41) is 7.59. The number of carboxylic acid groups (broad SMARTS) is 1. The molecule has 0 aliphatic heterocycles. The molecule has 0 rings (SSSR count). The largest absolute Gasteiger partial charge is 0.480 e. The van der Waals surface area contributed by atoms with E-state index in [0.29, 0.717) is 11.9 Å². The van der Waals surface area contributed by atoms with Crippen molar-refractivity contribution in [1.29, 1.82) is 0 Å². The van der Waals surface area contributed by atoms with Gasteiger partial charge in [0.05, 0.1) is 0 Å². The number of nitrogens with one attached hydrogen (secondary N) is 1. The zero-order valence-corrected chi connectivity index (χ0v) is 7.10. The summed E-state index contributed by atoms with van der Waals surface area (Å²) < 4.78 is 6.83. The summed E-state index contributed by atoms with van der Waals surface area (Å²) in [6, 6.07) is 0. The standard InChI is InChI=1S/C6H9NO4S/c1-2-3-11-6(10)12-7-4-5(8)9/h2,7H,1,3-4H2,(H,8,9). The second kappa shape index (κ2) is 6.68. The molecule has 0 saturated carbocycles. The van der Waals surface area contributed by atoms with E-state index in [9.17, 15) is 9.59 Å². The molecular weight excluding hydrogens is 182 g/mol. The van der Waals surface area contributed by atoms with Crippen LogP contribution in [0.1, 0.15) is 0 Å². The first-order valence-electron chi connectivity index (χ1n) is 3.06. The average Bonchev–Trinajstić information content (AvgIpc) is 2.00. The first kappa shape index (κ1) is 11.0. The summed E-state index contributed by atoms with van der Waals surface area (Å²) in [6.07, 6.45) is 1.43. The van der Waals surface area contributed by atoms with E-state index in [1.165, 1.54) is 6.08 Å². The van der Waals surface area contributed by atoms with Gasteiger partial charge in [-0.05, 0) is 0 Å². The van der Waals surface area contributed by atoms with E-state index in [1.54, 1.807) is 0 Å². The summed E-state index contributed by atoms with van der Waals surface area (Å²) in [4.78, 5) is 20.6. The first-order chi connectivity index (χ1) is 5.66. The molecule has 0 aromatic heterocycles. The highest BCUT2D eigenvalue weighted by Crippen LogP contribution is 1.98. The minimum atomic E-state index is -1.03. The summed E-state index contributed by atoms with van der Waals surface area (Å²) in [6.45, 7) is 3.18. The number of carboxylic acids is 1. The van der Waals surface area contributed by atoms with Crippen LogP contribution in [0.25, 0.3) is 0 Å². The fourth-order valence-corrected chi connectivity index (χ4v) is 0.754. The quantitative estimate of drug-likeness (QED) is 0.377. The Bertz CT molecular complexity index is 182. The Balaban J connectivity index is 3.31. The molecule has 0 atom stereocenters. The third-order valence-corrected chi connectivity index (χ3v) is 1.27. The molecule has 0 heterocycles. The van der Waals surface area contributed by atoms with Gasteiger partial charge in [-0.15, -0.1) is 0 Å². The van der Waals surface area contributed by atoms with Gasteiger partial charge >= 0.3 is 11.3 Å². The van der Waals surface area contributed by atoms with Gasteiger partial charge in [-0.3, -0.25) is 4.79 Å². The lowest BCUT2D eigenvalue weighted by molar-refractivity contribution is -0.135. The number of ether oxygens (including phenoxy) is 1. The summed E-state index contributed by atoms with van der Waals surface area (Å²) >= 11 is 0.605. The Morgan fingerprint density at radius 3 is 2.83 bits per heavy atom. The van der Waals surface area contributed by atoms with Gasteiger partial charge < -0.3 is 9.84 Å². The summed E-state index contributed by atoms with van der Waals surface area (Å²) in [5.74, 6) is -1.03. The number of carbonyl (C=O) groups is 2. The third kappa shape index (κ3) is 7.10. The van der Waals surface area contributed by atoms with Crippen LogP contribution >= 0.6 is 11.9 Å². The number of hydrogen-bond acceptors (Lipinski definition) is 5. The lowest BCUT2D eigenvalue weighted by atomic mass is 10.7. The van der Waals surface area contributed by atoms with Crippen LogP contribution in [0.2, 0.25) is 0 Å². The van der Waals surface area contributed by atoms with Crippen molar-refractivity contribution in [3.63, 3.8) is 0 Å². The van der Waals surface area contributed by atoms with Gasteiger partial charge in [0.15, 0.2) is 0 Å². The van der Waals surface area contributed by atoms with Gasteiger partial charge in [-0.1, -0.05) is 12.7 Å². The number of carbonyl (C=O) groups excluding carboxylic acids is 1. The van der Waals surface area contributed by atoms with Gasteiger partial charge in [0.2, 0.25) is 0 Å².